The van der Waals surface area contributed by atoms with Gasteiger partial charge in [0.25, 0.3) is 5.91 Å². The largest absolute Gasteiger partial charge is 0.450 e. The van der Waals surface area contributed by atoms with Gasteiger partial charge >= 0.3 is 6.09 Å². The molecule has 3 rings (SSSR count). The van der Waals surface area contributed by atoms with Crippen LogP contribution in [-0.4, -0.2) is 30.9 Å². The van der Waals surface area contributed by atoms with Crippen LogP contribution in [0.4, 0.5) is 4.79 Å². The first-order valence-electron chi connectivity index (χ1n) is 9.45. The van der Waals surface area contributed by atoms with Crippen LogP contribution in [0.3, 0.4) is 0 Å². The number of nitrogens with zero attached hydrogens (tertiary/aromatic N) is 1. The highest BCUT2D eigenvalue weighted by Gasteiger charge is 2.21. The molecular weight excluding hydrogens is 366 g/mol. The Morgan fingerprint density at radius 1 is 1.00 bits per heavy atom. The van der Waals surface area contributed by atoms with Crippen molar-refractivity contribution >= 4 is 29.0 Å². The molecule has 0 fully saturated rings. The van der Waals surface area contributed by atoms with E-state index in [0.29, 0.717) is 6.42 Å². The molecule has 0 saturated carbocycles. The molecule has 0 bridgehead atoms. The summed E-state index contributed by atoms with van der Waals surface area (Å²) >= 11 is 0. The van der Waals surface area contributed by atoms with Gasteiger partial charge in [0.05, 0.1) is 12.8 Å². The second kappa shape index (κ2) is 10.0. The molecular formula is C23H23N3O3. The van der Waals surface area contributed by atoms with E-state index in [1.807, 2.05) is 72.8 Å². The molecule has 0 radical (unpaired) electrons. The molecule has 6 heteroatoms. The Labute approximate surface area is 169 Å². The summed E-state index contributed by atoms with van der Waals surface area (Å²) in [5.74, 6) is -0.418. The molecule has 0 aliphatic carbocycles. The van der Waals surface area contributed by atoms with Crippen LogP contribution in [-0.2, 0) is 16.0 Å². The van der Waals surface area contributed by atoms with Gasteiger partial charge in [0.15, 0.2) is 0 Å². The number of rotatable bonds is 7. The Bertz CT molecular complexity index is 997. The average Bonchev–Trinajstić information content (AvgIpc) is 2.74. The number of amides is 2. The van der Waals surface area contributed by atoms with Gasteiger partial charge in [-0.05, 0) is 23.3 Å². The molecule has 2 N–H and O–H groups in total. The molecule has 6 nitrogen and oxygen atoms in total. The minimum Gasteiger partial charge on any atom is -0.450 e. The maximum atomic E-state index is 12.6. The molecule has 0 spiro atoms. The lowest BCUT2D eigenvalue weighted by molar-refractivity contribution is -0.123. The Morgan fingerprint density at radius 2 is 1.72 bits per heavy atom. The second-order valence-corrected chi connectivity index (χ2v) is 6.41. The van der Waals surface area contributed by atoms with Gasteiger partial charge in [-0.3, -0.25) is 4.79 Å². The lowest BCUT2D eigenvalue weighted by atomic mass is 10.1. The van der Waals surface area contributed by atoms with Crippen LogP contribution in [0.25, 0.3) is 10.8 Å². The lowest BCUT2D eigenvalue weighted by Gasteiger charge is -2.16. The van der Waals surface area contributed by atoms with Crippen LogP contribution in [0.15, 0.2) is 77.9 Å². The number of ether oxygens (including phenoxy) is 1. The van der Waals surface area contributed by atoms with Gasteiger partial charge in [0.1, 0.15) is 6.04 Å². The first kappa shape index (κ1) is 20.1. The summed E-state index contributed by atoms with van der Waals surface area (Å²) in [7, 11) is 0. The fourth-order valence-electron chi connectivity index (χ4n) is 2.98. The van der Waals surface area contributed by atoms with E-state index in [1.54, 1.807) is 13.1 Å². The molecule has 0 saturated heterocycles. The zero-order chi connectivity index (χ0) is 20.5. The summed E-state index contributed by atoms with van der Waals surface area (Å²) in [6.45, 7) is 1.94. The van der Waals surface area contributed by atoms with Crippen LogP contribution < -0.4 is 10.7 Å². The van der Waals surface area contributed by atoms with Gasteiger partial charge in [0.2, 0.25) is 0 Å². The Kier molecular flexibility index (Phi) is 6.95. The molecule has 29 heavy (non-hydrogen) atoms. The van der Waals surface area contributed by atoms with Gasteiger partial charge < -0.3 is 10.1 Å². The highest BCUT2D eigenvalue weighted by molar-refractivity contribution is 6.00. The summed E-state index contributed by atoms with van der Waals surface area (Å²) in [5.41, 5.74) is 4.33. The van der Waals surface area contributed by atoms with Gasteiger partial charge in [-0.15, -0.1) is 0 Å². The van der Waals surface area contributed by atoms with E-state index in [2.05, 4.69) is 15.8 Å². The Hall–Kier alpha value is -3.67. The first-order chi connectivity index (χ1) is 14.2. The molecule has 3 aromatic carbocycles. The van der Waals surface area contributed by atoms with Crippen molar-refractivity contribution in [3.05, 3.63) is 83.9 Å². The molecule has 2 amide bonds. The number of carbonyl (C=O) groups is 2. The maximum absolute atomic E-state index is 12.6. The SMILES string of the molecule is CCOC(=O)N[C@@H](Cc1ccccc1)C(=O)N/N=C\c1cccc2ccccc12. The van der Waals surface area contributed by atoms with Crippen LogP contribution in [0.1, 0.15) is 18.1 Å². The minimum atomic E-state index is -0.805. The van der Waals surface area contributed by atoms with E-state index < -0.39 is 18.0 Å². The third-order valence-electron chi connectivity index (χ3n) is 4.37. The predicted molar refractivity (Wildman–Crippen MR) is 114 cm³/mol. The third-order valence-corrected chi connectivity index (χ3v) is 4.37. The van der Waals surface area contributed by atoms with E-state index in [-0.39, 0.29) is 6.61 Å². The zero-order valence-electron chi connectivity index (χ0n) is 16.2. The van der Waals surface area contributed by atoms with E-state index in [1.165, 1.54) is 0 Å². The summed E-state index contributed by atoms with van der Waals surface area (Å²) in [6, 6.07) is 22.5. The maximum Gasteiger partial charge on any atom is 0.407 e. The van der Waals surface area contributed by atoms with Crippen molar-refractivity contribution < 1.29 is 14.3 Å². The van der Waals surface area contributed by atoms with Crippen LogP contribution in [0.5, 0.6) is 0 Å². The van der Waals surface area contributed by atoms with Crippen LogP contribution in [0.2, 0.25) is 0 Å². The van der Waals surface area contributed by atoms with Crippen molar-refractivity contribution in [1.29, 1.82) is 0 Å². The number of hydrazone groups is 1. The standard InChI is InChI=1S/C23H23N3O3/c1-2-29-23(28)25-21(15-17-9-4-3-5-10-17)22(27)26-24-16-19-13-8-12-18-11-6-7-14-20(18)19/h3-14,16,21H,2,15H2,1H3,(H,25,28)(H,26,27)/b24-16-/t21-/m0/s1. The Balaban J connectivity index is 1.71. The topological polar surface area (TPSA) is 79.8 Å². The first-order valence-corrected chi connectivity index (χ1v) is 9.45. The van der Waals surface area contributed by atoms with E-state index in [4.69, 9.17) is 4.74 Å². The van der Waals surface area contributed by atoms with Crippen LogP contribution >= 0.6 is 0 Å². The lowest BCUT2D eigenvalue weighted by Crippen LogP contribution is -2.47. The number of carbonyl (C=O) groups excluding carboxylic acids is 2. The third kappa shape index (κ3) is 5.65. The predicted octanol–water partition coefficient (Wildman–Crippen LogP) is 3.65. The fourth-order valence-corrected chi connectivity index (χ4v) is 2.98. The molecule has 148 valence electrons. The monoisotopic (exact) mass is 389 g/mol. The summed E-state index contributed by atoms with van der Waals surface area (Å²) < 4.78 is 4.91. The highest BCUT2D eigenvalue weighted by atomic mass is 16.5. The molecule has 0 aliphatic heterocycles. The molecule has 0 heterocycles. The minimum absolute atomic E-state index is 0.227. The second-order valence-electron chi connectivity index (χ2n) is 6.41. The van der Waals surface area contributed by atoms with Gasteiger partial charge in [-0.25, -0.2) is 10.2 Å². The van der Waals surface area contributed by atoms with Crippen molar-refractivity contribution in [2.75, 3.05) is 6.61 Å². The highest BCUT2D eigenvalue weighted by Crippen LogP contribution is 2.16. The zero-order valence-corrected chi connectivity index (χ0v) is 16.2. The van der Waals surface area contributed by atoms with Crippen molar-refractivity contribution in [3.63, 3.8) is 0 Å². The number of benzene rings is 3. The molecule has 1 atom stereocenters. The molecule has 0 aromatic heterocycles. The van der Waals surface area contributed by atoms with Gasteiger partial charge in [-0.2, -0.15) is 5.10 Å². The summed E-state index contributed by atoms with van der Waals surface area (Å²) in [5, 5.41) is 8.82. The van der Waals surface area contributed by atoms with Crippen molar-refractivity contribution in [2.24, 2.45) is 5.10 Å². The number of alkyl carbamates (subject to hydrolysis) is 1. The van der Waals surface area contributed by atoms with E-state index in [9.17, 15) is 9.59 Å². The van der Waals surface area contributed by atoms with Gasteiger partial charge in [0, 0.05) is 12.0 Å². The quantitative estimate of drug-likeness (QED) is 0.478. The van der Waals surface area contributed by atoms with Crippen LogP contribution in [0, 0.1) is 0 Å². The smallest absolute Gasteiger partial charge is 0.407 e. The number of hydrogen-bond acceptors (Lipinski definition) is 4. The number of nitrogens with one attached hydrogen (secondary N) is 2. The van der Waals surface area contributed by atoms with Gasteiger partial charge in [-0.1, -0.05) is 72.8 Å². The molecule has 0 unspecified atom stereocenters. The van der Waals surface area contributed by atoms with Crippen molar-refractivity contribution in [3.8, 4) is 0 Å². The summed E-state index contributed by atoms with van der Waals surface area (Å²) in [6.07, 6.45) is 1.29. The van der Waals surface area contributed by atoms with E-state index in [0.717, 1.165) is 21.9 Å². The number of hydrogen-bond donors (Lipinski definition) is 2. The summed E-state index contributed by atoms with van der Waals surface area (Å²) in [4.78, 5) is 24.5. The normalized spacial score (nSPS) is 11.9. The molecule has 3 aromatic rings. The Morgan fingerprint density at radius 3 is 2.52 bits per heavy atom. The van der Waals surface area contributed by atoms with E-state index >= 15 is 0 Å². The average molecular weight is 389 g/mol. The fraction of sp³-hybridized carbons (Fsp3) is 0.174. The molecule has 0 aliphatic rings. The van der Waals surface area contributed by atoms with Crippen molar-refractivity contribution in [1.82, 2.24) is 10.7 Å². The number of fused-ring (bicyclic) bond motifs is 1. The van der Waals surface area contributed by atoms with Crippen molar-refractivity contribution in [2.45, 2.75) is 19.4 Å².